The zero-order chi connectivity index (χ0) is 18.1. The summed E-state index contributed by atoms with van der Waals surface area (Å²) in [5.41, 5.74) is 1.86. The van der Waals surface area contributed by atoms with E-state index in [4.69, 9.17) is 0 Å². The van der Waals surface area contributed by atoms with Crippen molar-refractivity contribution in [3.8, 4) is 6.07 Å². The number of fused-ring (bicyclic) bond motifs is 1. The van der Waals surface area contributed by atoms with E-state index < -0.39 is 0 Å². The van der Waals surface area contributed by atoms with E-state index >= 15 is 0 Å². The standard InChI is InChI=1S/C19H22N4O2/c1-12(24)16-18(22(2)14-7-5-4-6-8-14)17-15(23(3)19(16)25)10-9-13(11-20)21-17/h9-10,14H,4-8H2,1-3H3. The van der Waals surface area contributed by atoms with Crippen molar-refractivity contribution in [3.63, 3.8) is 0 Å². The van der Waals surface area contributed by atoms with Crippen molar-refractivity contribution in [2.45, 2.75) is 45.1 Å². The van der Waals surface area contributed by atoms with Gasteiger partial charge >= 0.3 is 0 Å². The first-order valence-electron chi connectivity index (χ1n) is 8.63. The van der Waals surface area contributed by atoms with Crippen molar-refractivity contribution in [2.75, 3.05) is 11.9 Å². The van der Waals surface area contributed by atoms with E-state index in [-0.39, 0.29) is 28.6 Å². The number of aryl methyl sites for hydroxylation is 1. The highest BCUT2D eigenvalue weighted by Gasteiger charge is 2.27. The number of carbonyl (C=O) groups is 1. The quantitative estimate of drug-likeness (QED) is 0.804. The van der Waals surface area contributed by atoms with Crippen molar-refractivity contribution in [1.82, 2.24) is 9.55 Å². The van der Waals surface area contributed by atoms with E-state index in [0.29, 0.717) is 16.7 Å². The Bertz CT molecular complexity index is 933. The lowest BCUT2D eigenvalue weighted by Gasteiger charge is -2.34. The number of carbonyl (C=O) groups excluding carboxylic acids is 1. The van der Waals surface area contributed by atoms with Crippen LogP contribution in [-0.2, 0) is 7.05 Å². The predicted octanol–water partition coefficient (Wildman–Crippen LogP) is 2.78. The molecule has 25 heavy (non-hydrogen) atoms. The van der Waals surface area contributed by atoms with Crippen LogP contribution in [0.1, 0.15) is 55.1 Å². The minimum Gasteiger partial charge on any atom is -0.369 e. The SMILES string of the molecule is CC(=O)c1c(N(C)C2CCCCC2)c2nc(C#N)ccc2n(C)c1=O. The maximum Gasteiger partial charge on any atom is 0.263 e. The first-order chi connectivity index (χ1) is 12.0. The van der Waals surface area contributed by atoms with E-state index in [0.717, 1.165) is 25.7 Å². The molecule has 0 spiro atoms. The normalized spacial score (nSPS) is 15.1. The van der Waals surface area contributed by atoms with E-state index in [2.05, 4.69) is 4.98 Å². The Morgan fingerprint density at radius 3 is 2.60 bits per heavy atom. The molecule has 0 amide bonds. The highest BCUT2D eigenvalue weighted by atomic mass is 16.1. The van der Waals surface area contributed by atoms with Crippen LogP contribution < -0.4 is 10.5 Å². The third-order valence-corrected chi connectivity index (χ3v) is 5.16. The third-order valence-electron chi connectivity index (χ3n) is 5.16. The highest BCUT2D eigenvalue weighted by molar-refractivity contribution is 6.06. The summed E-state index contributed by atoms with van der Waals surface area (Å²) in [5.74, 6) is -0.274. The molecule has 0 unspecified atom stereocenters. The zero-order valence-electron chi connectivity index (χ0n) is 14.9. The van der Waals surface area contributed by atoms with Crippen molar-refractivity contribution in [2.24, 2.45) is 7.05 Å². The van der Waals surface area contributed by atoms with Crippen molar-refractivity contribution in [1.29, 1.82) is 5.26 Å². The second-order valence-corrected chi connectivity index (χ2v) is 6.72. The Kier molecular flexibility index (Phi) is 4.58. The summed E-state index contributed by atoms with van der Waals surface area (Å²) >= 11 is 0. The van der Waals surface area contributed by atoms with Gasteiger partial charge in [0.15, 0.2) is 5.78 Å². The van der Waals surface area contributed by atoms with Crippen LogP contribution in [-0.4, -0.2) is 28.4 Å². The summed E-state index contributed by atoms with van der Waals surface area (Å²) in [4.78, 5) is 31.6. The fourth-order valence-corrected chi connectivity index (χ4v) is 3.77. The lowest BCUT2D eigenvalue weighted by Crippen LogP contribution is -2.37. The minimum absolute atomic E-state index is 0.158. The molecule has 0 N–H and O–H groups in total. The number of aromatic nitrogens is 2. The number of ketones is 1. The molecule has 1 fully saturated rings. The molecular formula is C19H22N4O2. The predicted molar refractivity (Wildman–Crippen MR) is 97.0 cm³/mol. The van der Waals surface area contributed by atoms with Crippen molar-refractivity contribution in [3.05, 3.63) is 33.7 Å². The van der Waals surface area contributed by atoms with Gasteiger partial charge in [0, 0.05) is 20.1 Å². The summed E-state index contributed by atoms with van der Waals surface area (Å²) in [6.07, 6.45) is 5.57. The van der Waals surface area contributed by atoms with E-state index in [1.807, 2.05) is 18.0 Å². The highest BCUT2D eigenvalue weighted by Crippen LogP contribution is 2.32. The number of hydrogen-bond donors (Lipinski definition) is 0. The molecule has 2 aromatic rings. The lowest BCUT2D eigenvalue weighted by atomic mass is 9.93. The van der Waals surface area contributed by atoms with Gasteiger partial charge in [0.2, 0.25) is 0 Å². The molecule has 1 aliphatic carbocycles. The molecule has 0 atom stereocenters. The first kappa shape index (κ1) is 17.2. The molecule has 1 saturated carbocycles. The van der Waals surface area contributed by atoms with Gasteiger partial charge in [-0.2, -0.15) is 5.26 Å². The topological polar surface area (TPSA) is 79.0 Å². The van der Waals surface area contributed by atoms with Crippen LogP contribution >= 0.6 is 0 Å². The molecule has 0 aliphatic heterocycles. The largest absolute Gasteiger partial charge is 0.369 e. The van der Waals surface area contributed by atoms with E-state index in [9.17, 15) is 14.9 Å². The first-order valence-corrected chi connectivity index (χ1v) is 8.63. The molecular weight excluding hydrogens is 316 g/mol. The minimum atomic E-state index is -0.316. The summed E-state index contributed by atoms with van der Waals surface area (Å²) in [6.45, 7) is 1.41. The van der Waals surface area contributed by atoms with Crippen molar-refractivity contribution < 1.29 is 4.79 Å². The lowest BCUT2D eigenvalue weighted by molar-refractivity contribution is 0.101. The molecule has 6 heteroatoms. The summed E-state index contributed by atoms with van der Waals surface area (Å²) in [6, 6.07) is 5.64. The molecule has 3 rings (SSSR count). The number of rotatable bonds is 3. The molecule has 130 valence electrons. The number of hydrogen-bond acceptors (Lipinski definition) is 5. The fraction of sp³-hybridized carbons (Fsp3) is 0.474. The van der Waals surface area contributed by atoms with Gasteiger partial charge in [0.05, 0.1) is 11.2 Å². The van der Waals surface area contributed by atoms with Gasteiger partial charge in [0.25, 0.3) is 5.56 Å². The van der Waals surface area contributed by atoms with Gasteiger partial charge < -0.3 is 9.47 Å². The Morgan fingerprint density at radius 1 is 1.32 bits per heavy atom. The van der Waals surface area contributed by atoms with Crippen LogP contribution in [0.3, 0.4) is 0 Å². The van der Waals surface area contributed by atoms with Crippen molar-refractivity contribution >= 4 is 22.5 Å². The molecule has 0 bridgehead atoms. The molecule has 0 aromatic carbocycles. The number of anilines is 1. The van der Waals surface area contributed by atoms with Crippen LogP contribution in [0.4, 0.5) is 5.69 Å². The maximum absolute atomic E-state index is 12.8. The number of nitrogens with zero attached hydrogens (tertiary/aromatic N) is 4. The molecule has 2 heterocycles. The van der Waals surface area contributed by atoms with Gasteiger partial charge in [0.1, 0.15) is 22.8 Å². The molecule has 0 radical (unpaired) electrons. The second kappa shape index (κ2) is 6.67. The summed E-state index contributed by atoms with van der Waals surface area (Å²) < 4.78 is 1.44. The number of Topliss-reactive ketones (excluding diaryl/α,β-unsaturated/α-hetero) is 1. The molecule has 1 aliphatic rings. The smallest absolute Gasteiger partial charge is 0.263 e. The maximum atomic E-state index is 12.8. The number of pyridine rings is 2. The Morgan fingerprint density at radius 2 is 2.00 bits per heavy atom. The Balaban J connectivity index is 2.34. The van der Waals surface area contributed by atoms with Gasteiger partial charge in [-0.3, -0.25) is 9.59 Å². The molecule has 2 aromatic heterocycles. The monoisotopic (exact) mass is 338 g/mol. The molecule has 0 saturated heterocycles. The van der Waals surface area contributed by atoms with Crippen LogP contribution in [0.15, 0.2) is 16.9 Å². The summed E-state index contributed by atoms with van der Waals surface area (Å²) in [5, 5.41) is 9.22. The van der Waals surface area contributed by atoms with Crippen LogP contribution in [0.25, 0.3) is 11.0 Å². The number of nitriles is 1. The van der Waals surface area contributed by atoms with Gasteiger partial charge in [-0.25, -0.2) is 4.98 Å². The van der Waals surface area contributed by atoms with E-state index in [1.54, 1.807) is 19.2 Å². The summed E-state index contributed by atoms with van der Waals surface area (Å²) in [7, 11) is 3.56. The van der Waals surface area contributed by atoms with Gasteiger partial charge in [-0.05, 0) is 31.9 Å². The third kappa shape index (κ3) is 2.91. The second-order valence-electron chi connectivity index (χ2n) is 6.72. The van der Waals surface area contributed by atoms with Gasteiger partial charge in [-0.15, -0.1) is 0 Å². The fourth-order valence-electron chi connectivity index (χ4n) is 3.77. The van der Waals surface area contributed by atoms with Gasteiger partial charge in [-0.1, -0.05) is 19.3 Å². The van der Waals surface area contributed by atoms with Crippen LogP contribution in [0.2, 0.25) is 0 Å². The zero-order valence-corrected chi connectivity index (χ0v) is 14.9. The Labute approximate surface area is 146 Å². The van der Waals surface area contributed by atoms with E-state index in [1.165, 1.54) is 17.9 Å². The average molecular weight is 338 g/mol. The average Bonchev–Trinajstić information content (AvgIpc) is 2.63. The Hall–Kier alpha value is -2.68. The van der Waals surface area contributed by atoms with Crippen LogP contribution in [0.5, 0.6) is 0 Å². The molecule has 6 nitrogen and oxygen atoms in total. The van der Waals surface area contributed by atoms with Crippen LogP contribution in [0, 0.1) is 11.3 Å².